The van der Waals surface area contributed by atoms with Gasteiger partial charge in [0.1, 0.15) is 5.56 Å². The minimum atomic E-state index is -0.675. The second-order valence-electron chi connectivity index (χ2n) is 5.43. The van der Waals surface area contributed by atoms with Gasteiger partial charge in [-0.1, -0.05) is 48.0 Å². The lowest BCUT2D eigenvalue weighted by Crippen LogP contribution is -2.12. The Morgan fingerprint density at radius 1 is 1.12 bits per heavy atom. The summed E-state index contributed by atoms with van der Waals surface area (Å²) in [6.07, 6.45) is 3.06. The highest BCUT2D eigenvalue weighted by Crippen LogP contribution is 2.24. The largest absolute Gasteiger partial charge is 0.493 e. The molecule has 3 aromatic rings. The summed E-state index contributed by atoms with van der Waals surface area (Å²) in [5.41, 5.74) is 1.69. The van der Waals surface area contributed by atoms with Gasteiger partial charge in [-0.2, -0.15) is 0 Å². The highest BCUT2D eigenvalue weighted by molar-refractivity contribution is 6.08. The number of ketones is 1. The lowest BCUT2D eigenvalue weighted by Gasteiger charge is -2.04. The summed E-state index contributed by atoms with van der Waals surface area (Å²) in [5.74, 6) is 0.0628. The van der Waals surface area contributed by atoms with E-state index in [9.17, 15) is 9.59 Å². The number of hydrogen-bond donors (Lipinski definition) is 0. The predicted molar refractivity (Wildman–Crippen MR) is 93.6 cm³/mol. The number of ether oxygens (including phenoxy) is 1. The van der Waals surface area contributed by atoms with Gasteiger partial charge in [0.15, 0.2) is 17.1 Å². The van der Waals surface area contributed by atoms with Gasteiger partial charge in [-0.25, -0.2) is 4.79 Å². The Hall–Kier alpha value is -3.14. The van der Waals surface area contributed by atoms with E-state index >= 15 is 0 Å². The van der Waals surface area contributed by atoms with Crippen LogP contribution in [0.5, 0.6) is 5.75 Å². The Morgan fingerprint density at radius 3 is 2.58 bits per heavy atom. The fourth-order valence-corrected chi connectivity index (χ4v) is 2.39. The number of carbonyl (C=O) groups excluding carboxylic acids is 1. The number of para-hydroxylation sites is 1. The molecule has 0 saturated carbocycles. The number of rotatable bonds is 4. The first-order valence-electron chi connectivity index (χ1n) is 7.48. The van der Waals surface area contributed by atoms with Crippen molar-refractivity contribution < 1.29 is 13.9 Å². The van der Waals surface area contributed by atoms with Crippen molar-refractivity contribution >= 4 is 22.8 Å². The van der Waals surface area contributed by atoms with E-state index < -0.39 is 11.4 Å². The molecule has 4 nitrogen and oxygen atoms in total. The molecule has 120 valence electrons. The molecule has 24 heavy (non-hydrogen) atoms. The molecule has 0 radical (unpaired) electrons. The summed E-state index contributed by atoms with van der Waals surface area (Å²) in [6, 6.07) is 14.5. The second kappa shape index (κ2) is 6.54. The normalized spacial score (nSPS) is 11.1. The van der Waals surface area contributed by atoms with Crippen LogP contribution < -0.4 is 10.4 Å². The summed E-state index contributed by atoms with van der Waals surface area (Å²) in [6.45, 7) is 1.99. The van der Waals surface area contributed by atoms with E-state index in [2.05, 4.69) is 0 Å². The molecule has 4 heteroatoms. The molecule has 2 aromatic carbocycles. The lowest BCUT2D eigenvalue weighted by atomic mass is 10.1. The Labute approximate surface area is 139 Å². The van der Waals surface area contributed by atoms with Crippen molar-refractivity contribution in [1.82, 2.24) is 0 Å². The van der Waals surface area contributed by atoms with Crippen molar-refractivity contribution in [3.05, 3.63) is 81.7 Å². The van der Waals surface area contributed by atoms with Crippen molar-refractivity contribution in [1.29, 1.82) is 0 Å². The number of aryl methyl sites for hydroxylation is 1. The quantitative estimate of drug-likeness (QED) is 0.414. The zero-order valence-electron chi connectivity index (χ0n) is 13.4. The first-order valence-corrected chi connectivity index (χ1v) is 7.48. The average molecular weight is 320 g/mol. The fraction of sp³-hybridized carbons (Fsp3) is 0.100. The molecule has 0 N–H and O–H groups in total. The van der Waals surface area contributed by atoms with Gasteiger partial charge in [-0.05, 0) is 30.7 Å². The van der Waals surface area contributed by atoms with Gasteiger partial charge in [0.25, 0.3) is 0 Å². The highest BCUT2D eigenvalue weighted by Gasteiger charge is 2.13. The third-order valence-corrected chi connectivity index (χ3v) is 3.71. The molecule has 0 fully saturated rings. The Kier molecular flexibility index (Phi) is 4.29. The third kappa shape index (κ3) is 3.13. The zero-order valence-corrected chi connectivity index (χ0v) is 13.4. The molecule has 0 aliphatic rings. The molecule has 3 rings (SSSR count). The van der Waals surface area contributed by atoms with Crippen LogP contribution in [-0.2, 0) is 0 Å². The molecular weight excluding hydrogens is 304 g/mol. The smallest absolute Gasteiger partial charge is 0.347 e. The molecule has 0 aliphatic heterocycles. The number of allylic oxidation sites excluding steroid dienone is 1. The molecule has 0 unspecified atom stereocenters. The van der Waals surface area contributed by atoms with Gasteiger partial charge in [0.2, 0.25) is 0 Å². The van der Waals surface area contributed by atoms with Gasteiger partial charge in [0.05, 0.1) is 7.11 Å². The van der Waals surface area contributed by atoms with E-state index in [1.807, 2.05) is 31.2 Å². The van der Waals surface area contributed by atoms with Gasteiger partial charge in [-0.3, -0.25) is 4.79 Å². The Morgan fingerprint density at radius 2 is 1.88 bits per heavy atom. The zero-order chi connectivity index (χ0) is 17.1. The predicted octanol–water partition coefficient (Wildman–Crippen LogP) is 4.01. The number of hydrogen-bond acceptors (Lipinski definition) is 4. The summed E-state index contributed by atoms with van der Waals surface area (Å²) < 4.78 is 10.4. The maximum atomic E-state index is 12.3. The van der Waals surface area contributed by atoms with Crippen LogP contribution >= 0.6 is 0 Å². The minimum absolute atomic E-state index is 0.000820. The Balaban J connectivity index is 1.96. The minimum Gasteiger partial charge on any atom is -0.493 e. The Bertz CT molecular complexity index is 979. The van der Waals surface area contributed by atoms with E-state index in [0.29, 0.717) is 16.7 Å². The number of carbonyl (C=O) groups is 1. The topological polar surface area (TPSA) is 56.5 Å². The lowest BCUT2D eigenvalue weighted by molar-refractivity contribution is 0.104. The highest BCUT2D eigenvalue weighted by atomic mass is 16.5. The van der Waals surface area contributed by atoms with Crippen molar-refractivity contribution in [3.8, 4) is 5.75 Å². The molecule has 1 heterocycles. The fourth-order valence-electron chi connectivity index (χ4n) is 2.39. The van der Waals surface area contributed by atoms with E-state index in [1.165, 1.54) is 19.3 Å². The van der Waals surface area contributed by atoms with E-state index in [-0.39, 0.29) is 5.56 Å². The summed E-state index contributed by atoms with van der Waals surface area (Å²) in [7, 11) is 1.50. The van der Waals surface area contributed by atoms with E-state index in [1.54, 1.807) is 24.3 Å². The molecule has 0 atom stereocenters. The standard InChI is InChI=1S/C20H16O4/c1-13-6-8-14(9-7-13)10-11-17(21)16-12-15-4-3-5-18(23-2)19(15)24-20(16)22/h3-12H,1-2H3/b11-10+. The molecular formula is C20H16O4. The number of benzene rings is 2. The summed E-state index contributed by atoms with van der Waals surface area (Å²) in [5, 5.41) is 0.640. The molecule has 0 aliphatic carbocycles. The van der Waals surface area contributed by atoms with Crippen LogP contribution in [0.4, 0.5) is 0 Å². The van der Waals surface area contributed by atoms with Crippen LogP contribution in [0, 0.1) is 6.92 Å². The first kappa shape index (κ1) is 15.7. The monoisotopic (exact) mass is 320 g/mol. The number of methoxy groups -OCH3 is 1. The van der Waals surface area contributed by atoms with Crippen LogP contribution in [0.2, 0.25) is 0 Å². The van der Waals surface area contributed by atoms with Gasteiger partial charge < -0.3 is 9.15 Å². The van der Waals surface area contributed by atoms with Gasteiger partial charge >= 0.3 is 5.63 Å². The van der Waals surface area contributed by atoms with Crippen LogP contribution in [0.15, 0.2) is 63.8 Å². The number of fused-ring (bicyclic) bond motifs is 1. The van der Waals surface area contributed by atoms with Crippen LogP contribution in [0.25, 0.3) is 17.0 Å². The molecule has 0 bridgehead atoms. The van der Waals surface area contributed by atoms with Crippen LogP contribution in [-0.4, -0.2) is 12.9 Å². The van der Waals surface area contributed by atoms with Gasteiger partial charge in [-0.15, -0.1) is 0 Å². The third-order valence-electron chi connectivity index (χ3n) is 3.71. The average Bonchev–Trinajstić information content (AvgIpc) is 2.60. The van der Waals surface area contributed by atoms with Crippen LogP contribution in [0.1, 0.15) is 21.5 Å². The SMILES string of the molecule is COc1cccc2cc(C(=O)/C=C/c3ccc(C)cc3)c(=O)oc12. The van der Waals surface area contributed by atoms with E-state index in [4.69, 9.17) is 9.15 Å². The molecule has 0 spiro atoms. The maximum Gasteiger partial charge on any atom is 0.347 e. The summed E-state index contributed by atoms with van der Waals surface area (Å²) >= 11 is 0. The maximum absolute atomic E-state index is 12.3. The molecule has 0 amide bonds. The van der Waals surface area contributed by atoms with Crippen molar-refractivity contribution in [2.75, 3.05) is 7.11 Å². The summed E-state index contributed by atoms with van der Waals surface area (Å²) in [4.78, 5) is 24.4. The van der Waals surface area contributed by atoms with Crippen molar-refractivity contribution in [2.24, 2.45) is 0 Å². The van der Waals surface area contributed by atoms with Crippen LogP contribution in [0.3, 0.4) is 0 Å². The van der Waals surface area contributed by atoms with Gasteiger partial charge in [0, 0.05) is 5.39 Å². The van der Waals surface area contributed by atoms with Crippen molar-refractivity contribution in [3.63, 3.8) is 0 Å². The van der Waals surface area contributed by atoms with Crippen molar-refractivity contribution in [2.45, 2.75) is 6.92 Å². The molecule has 1 aromatic heterocycles. The molecule has 0 saturated heterocycles. The van der Waals surface area contributed by atoms with E-state index in [0.717, 1.165) is 11.1 Å². The first-order chi connectivity index (χ1) is 11.6. The second-order valence-corrected chi connectivity index (χ2v) is 5.43.